The molecular weight excluding hydrogens is 128 g/mol. The maximum absolute atomic E-state index is 10.9. The molecule has 10 heavy (non-hydrogen) atoms. The Hall–Kier alpha value is -0.790. The van der Waals surface area contributed by atoms with Gasteiger partial charge >= 0.3 is 0 Å². The molecule has 0 saturated heterocycles. The highest BCUT2D eigenvalue weighted by atomic mass is 16.5. The van der Waals surface area contributed by atoms with Crippen LogP contribution in [0.3, 0.4) is 0 Å². The van der Waals surface area contributed by atoms with Crippen LogP contribution in [0, 0.1) is 0 Å². The van der Waals surface area contributed by atoms with Crippen LogP contribution >= 0.6 is 0 Å². The SMILES string of the molecule is CCO/C=C(\C)C(=O)CC. The number of ether oxygens (including phenoxy) is 1. The van der Waals surface area contributed by atoms with Crippen LogP contribution in [-0.2, 0) is 9.53 Å². The van der Waals surface area contributed by atoms with Crippen LogP contribution in [0.5, 0.6) is 0 Å². The quantitative estimate of drug-likeness (QED) is 0.442. The van der Waals surface area contributed by atoms with E-state index in [1.54, 1.807) is 6.92 Å². The molecule has 0 aromatic rings. The Kier molecular flexibility index (Phi) is 4.63. The van der Waals surface area contributed by atoms with Gasteiger partial charge in [-0.05, 0) is 13.8 Å². The first kappa shape index (κ1) is 9.21. The van der Waals surface area contributed by atoms with E-state index < -0.39 is 0 Å². The van der Waals surface area contributed by atoms with E-state index in [4.69, 9.17) is 4.74 Å². The molecule has 0 aromatic carbocycles. The second-order valence-corrected chi connectivity index (χ2v) is 2.03. The highest BCUT2D eigenvalue weighted by molar-refractivity contribution is 5.94. The van der Waals surface area contributed by atoms with Crippen LogP contribution in [0.4, 0.5) is 0 Å². The summed E-state index contributed by atoms with van der Waals surface area (Å²) in [6, 6.07) is 0. The monoisotopic (exact) mass is 142 g/mol. The van der Waals surface area contributed by atoms with E-state index >= 15 is 0 Å². The summed E-state index contributed by atoms with van der Waals surface area (Å²) in [5.74, 6) is 0.147. The maximum Gasteiger partial charge on any atom is 0.161 e. The molecule has 2 heteroatoms. The molecule has 0 rings (SSSR count). The second-order valence-electron chi connectivity index (χ2n) is 2.03. The van der Waals surface area contributed by atoms with Gasteiger partial charge in [-0.15, -0.1) is 0 Å². The summed E-state index contributed by atoms with van der Waals surface area (Å²) >= 11 is 0. The van der Waals surface area contributed by atoms with Gasteiger partial charge in [-0.2, -0.15) is 0 Å². The zero-order valence-electron chi connectivity index (χ0n) is 6.81. The number of hydrogen-bond acceptors (Lipinski definition) is 2. The maximum atomic E-state index is 10.9. The van der Waals surface area contributed by atoms with Crippen molar-refractivity contribution < 1.29 is 9.53 Å². The molecule has 2 nitrogen and oxygen atoms in total. The van der Waals surface area contributed by atoms with Gasteiger partial charge in [0.1, 0.15) is 0 Å². The van der Waals surface area contributed by atoms with Gasteiger partial charge in [0.25, 0.3) is 0 Å². The Labute approximate surface area is 61.9 Å². The minimum absolute atomic E-state index is 0.147. The Morgan fingerprint density at radius 3 is 2.50 bits per heavy atom. The van der Waals surface area contributed by atoms with Gasteiger partial charge in [0, 0.05) is 12.0 Å². The van der Waals surface area contributed by atoms with E-state index in [0.29, 0.717) is 18.6 Å². The van der Waals surface area contributed by atoms with E-state index in [2.05, 4.69) is 0 Å². The standard InChI is InChI=1S/C8H14O2/c1-4-8(9)7(3)6-10-5-2/h6H,4-5H2,1-3H3/b7-6+. The third kappa shape index (κ3) is 3.28. The van der Waals surface area contributed by atoms with Crippen molar-refractivity contribution in [2.24, 2.45) is 0 Å². The fourth-order valence-corrected chi connectivity index (χ4v) is 0.553. The van der Waals surface area contributed by atoms with Crippen molar-refractivity contribution in [2.75, 3.05) is 6.61 Å². The Bertz CT molecular complexity index is 136. The third-order valence-electron chi connectivity index (χ3n) is 1.19. The molecule has 58 valence electrons. The molecule has 0 aliphatic heterocycles. The molecule has 0 atom stereocenters. The molecular formula is C8H14O2. The lowest BCUT2D eigenvalue weighted by atomic mass is 10.2. The summed E-state index contributed by atoms with van der Waals surface area (Å²) in [4.78, 5) is 10.9. The number of ketones is 1. The highest BCUT2D eigenvalue weighted by Crippen LogP contribution is 1.97. The molecule has 0 heterocycles. The van der Waals surface area contributed by atoms with Gasteiger partial charge in [-0.1, -0.05) is 6.92 Å². The molecule has 0 amide bonds. The summed E-state index contributed by atoms with van der Waals surface area (Å²) in [7, 11) is 0. The molecule has 0 saturated carbocycles. The second kappa shape index (κ2) is 5.03. The van der Waals surface area contributed by atoms with Crippen LogP contribution in [0.1, 0.15) is 27.2 Å². The van der Waals surface area contributed by atoms with E-state index in [1.165, 1.54) is 6.26 Å². The van der Waals surface area contributed by atoms with Crippen LogP contribution in [0.25, 0.3) is 0 Å². The average Bonchev–Trinajstić information content (AvgIpc) is 1.98. The largest absolute Gasteiger partial charge is 0.501 e. The summed E-state index contributed by atoms with van der Waals surface area (Å²) in [6.45, 7) is 6.11. The van der Waals surface area contributed by atoms with Crippen LogP contribution < -0.4 is 0 Å². The fourth-order valence-electron chi connectivity index (χ4n) is 0.553. The summed E-state index contributed by atoms with van der Waals surface area (Å²) in [6.07, 6.45) is 2.07. The van der Waals surface area contributed by atoms with Gasteiger partial charge < -0.3 is 4.74 Å². The molecule has 0 fully saturated rings. The topological polar surface area (TPSA) is 26.3 Å². The lowest BCUT2D eigenvalue weighted by Gasteiger charge is -1.97. The molecule has 0 aliphatic carbocycles. The van der Waals surface area contributed by atoms with Crippen LogP contribution in [-0.4, -0.2) is 12.4 Å². The predicted molar refractivity (Wildman–Crippen MR) is 40.7 cm³/mol. The zero-order valence-corrected chi connectivity index (χ0v) is 6.81. The smallest absolute Gasteiger partial charge is 0.161 e. The minimum atomic E-state index is 0.147. The first-order valence-corrected chi connectivity index (χ1v) is 3.53. The Balaban J connectivity index is 3.80. The first-order valence-electron chi connectivity index (χ1n) is 3.53. The summed E-state index contributed by atoms with van der Waals surface area (Å²) in [5.41, 5.74) is 0.698. The number of Topliss-reactive ketones (excluding diaryl/α,β-unsaturated/α-hetero) is 1. The predicted octanol–water partition coefficient (Wildman–Crippen LogP) is 1.91. The zero-order chi connectivity index (χ0) is 7.98. The molecule has 0 spiro atoms. The van der Waals surface area contributed by atoms with E-state index in [-0.39, 0.29) is 5.78 Å². The normalized spacial score (nSPS) is 11.3. The van der Waals surface area contributed by atoms with Crippen LogP contribution in [0.2, 0.25) is 0 Å². The molecule has 0 N–H and O–H groups in total. The highest BCUT2D eigenvalue weighted by Gasteiger charge is 1.98. The van der Waals surface area contributed by atoms with Crippen molar-refractivity contribution >= 4 is 5.78 Å². The molecule has 0 aromatic heterocycles. The van der Waals surface area contributed by atoms with E-state index in [1.807, 2.05) is 13.8 Å². The van der Waals surface area contributed by atoms with Gasteiger partial charge in [0.05, 0.1) is 12.9 Å². The number of carbonyl (C=O) groups is 1. The average molecular weight is 142 g/mol. The Morgan fingerprint density at radius 1 is 1.50 bits per heavy atom. The van der Waals surface area contributed by atoms with Crippen molar-refractivity contribution in [2.45, 2.75) is 27.2 Å². The lowest BCUT2D eigenvalue weighted by Crippen LogP contribution is -1.97. The first-order chi connectivity index (χ1) is 4.72. The van der Waals surface area contributed by atoms with Crippen molar-refractivity contribution in [3.05, 3.63) is 11.8 Å². The number of allylic oxidation sites excluding steroid dienone is 1. The summed E-state index contributed by atoms with van der Waals surface area (Å²) < 4.78 is 4.94. The van der Waals surface area contributed by atoms with E-state index in [0.717, 1.165) is 0 Å². The molecule has 0 bridgehead atoms. The van der Waals surface area contributed by atoms with Gasteiger partial charge in [-0.25, -0.2) is 0 Å². The number of hydrogen-bond donors (Lipinski definition) is 0. The van der Waals surface area contributed by atoms with Gasteiger partial charge in [-0.3, -0.25) is 4.79 Å². The lowest BCUT2D eigenvalue weighted by molar-refractivity contribution is -0.115. The van der Waals surface area contributed by atoms with Gasteiger partial charge in [0.15, 0.2) is 5.78 Å². The molecule has 0 unspecified atom stereocenters. The Morgan fingerprint density at radius 2 is 2.10 bits per heavy atom. The van der Waals surface area contributed by atoms with E-state index in [9.17, 15) is 4.79 Å². The fraction of sp³-hybridized carbons (Fsp3) is 0.625. The number of rotatable bonds is 4. The van der Waals surface area contributed by atoms with Crippen molar-refractivity contribution in [1.82, 2.24) is 0 Å². The molecule has 0 aliphatic rings. The van der Waals surface area contributed by atoms with Gasteiger partial charge in [0.2, 0.25) is 0 Å². The van der Waals surface area contributed by atoms with Crippen molar-refractivity contribution in [1.29, 1.82) is 0 Å². The number of carbonyl (C=O) groups excluding carboxylic acids is 1. The summed E-state index contributed by atoms with van der Waals surface area (Å²) in [5, 5.41) is 0. The van der Waals surface area contributed by atoms with Crippen molar-refractivity contribution in [3.8, 4) is 0 Å². The minimum Gasteiger partial charge on any atom is -0.501 e. The van der Waals surface area contributed by atoms with Crippen molar-refractivity contribution in [3.63, 3.8) is 0 Å². The molecule has 0 radical (unpaired) electrons. The third-order valence-corrected chi connectivity index (χ3v) is 1.19. The van der Waals surface area contributed by atoms with Crippen LogP contribution in [0.15, 0.2) is 11.8 Å².